The zero-order chi connectivity index (χ0) is 11.5. The Morgan fingerprint density at radius 2 is 2.00 bits per heavy atom. The molecule has 0 aromatic heterocycles. The van der Waals surface area contributed by atoms with Crippen LogP contribution in [0.5, 0.6) is 0 Å². The minimum atomic E-state index is -0.515. The molecule has 84 valence electrons. The van der Waals surface area contributed by atoms with Crippen molar-refractivity contribution in [3.8, 4) is 0 Å². The highest BCUT2D eigenvalue weighted by Gasteiger charge is 2.24. The van der Waals surface area contributed by atoms with Gasteiger partial charge in [-0.05, 0) is 24.3 Å². The minimum Gasteiger partial charge on any atom is -0.308 e. The SMILES string of the molecule is CC(N)N1N=NC=C(F)N1c1ccccc1. The second kappa shape index (κ2) is 4.28. The highest BCUT2D eigenvalue weighted by atomic mass is 19.1. The van der Waals surface area contributed by atoms with Crippen LogP contribution in [-0.4, -0.2) is 11.3 Å². The highest BCUT2D eigenvalue weighted by Crippen LogP contribution is 2.25. The van der Waals surface area contributed by atoms with E-state index in [1.165, 1.54) is 10.1 Å². The third-order valence-corrected chi connectivity index (χ3v) is 2.08. The molecule has 0 fully saturated rings. The summed E-state index contributed by atoms with van der Waals surface area (Å²) in [6.07, 6.45) is 0.578. The Kier molecular flexibility index (Phi) is 2.82. The van der Waals surface area contributed by atoms with Crippen molar-refractivity contribution in [2.24, 2.45) is 16.1 Å². The summed E-state index contributed by atoms with van der Waals surface area (Å²) in [6.45, 7) is 1.70. The maximum Gasteiger partial charge on any atom is 0.234 e. The number of hydrogen-bond donors (Lipinski definition) is 1. The molecule has 0 saturated heterocycles. The summed E-state index contributed by atoms with van der Waals surface area (Å²) < 4.78 is 13.7. The van der Waals surface area contributed by atoms with Gasteiger partial charge in [0.15, 0.2) is 0 Å². The summed E-state index contributed by atoms with van der Waals surface area (Å²) in [6, 6.07) is 9.02. The van der Waals surface area contributed by atoms with Crippen molar-refractivity contribution in [1.29, 1.82) is 0 Å². The van der Waals surface area contributed by atoms with Crippen molar-refractivity contribution >= 4 is 5.69 Å². The third-order valence-electron chi connectivity index (χ3n) is 2.08. The second-order valence-corrected chi connectivity index (χ2v) is 3.37. The van der Waals surface area contributed by atoms with Gasteiger partial charge in [-0.15, -0.1) is 5.11 Å². The van der Waals surface area contributed by atoms with Crippen LogP contribution in [0, 0.1) is 0 Å². The van der Waals surface area contributed by atoms with E-state index in [9.17, 15) is 4.39 Å². The fourth-order valence-corrected chi connectivity index (χ4v) is 1.39. The molecule has 16 heavy (non-hydrogen) atoms. The van der Waals surface area contributed by atoms with Crippen molar-refractivity contribution in [2.45, 2.75) is 13.1 Å². The lowest BCUT2D eigenvalue weighted by atomic mass is 10.3. The Morgan fingerprint density at radius 1 is 1.31 bits per heavy atom. The number of hydrogen-bond acceptors (Lipinski definition) is 5. The predicted octanol–water partition coefficient (Wildman–Crippen LogP) is 2.16. The van der Waals surface area contributed by atoms with Gasteiger partial charge in [-0.25, -0.2) is 5.01 Å². The second-order valence-electron chi connectivity index (χ2n) is 3.37. The first-order valence-corrected chi connectivity index (χ1v) is 4.86. The van der Waals surface area contributed by atoms with E-state index < -0.39 is 12.1 Å². The molecule has 0 amide bonds. The number of halogens is 1. The molecule has 1 aliphatic heterocycles. The quantitative estimate of drug-likeness (QED) is 0.778. The molecule has 0 spiro atoms. The van der Waals surface area contributed by atoms with E-state index in [-0.39, 0.29) is 0 Å². The first kappa shape index (κ1) is 10.6. The van der Waals surface area contributed by atoms with Gasteiger partial charge in [0, 0.05) is 0 Å². The largest absolute Gasteiger partial charge is 0.308 e. The minimum absolute atomic E-state index is 0.469. The highest BCUT2D eigenvalue weighted by molar-refractivity contribution is 5.49. The lowest BCUT2D eigenvalue weighted by molar-refractivity contribution is 0.177. The molecule has 1 heterocycles. The molecule has 1 unspecified atom stereocenters. The molecule has 5 nitrogen and oxygen atoms in total. The van der Waals surface area contributed by atoms with Crippen LogP contribution in [0.3, 0.4) is 0 Å². The van der Waals surface area contributed by atoms with Crippen LogP contribution in [-0.2, 0) is 0 Å². The van der Waals surface area contributed by atoms with E-state index in [1.54, 1.807) is 19.1 Å². The Bertz CT molecular complexity index is 414. The van der Waals surface area contributed by atoms with Crippen molar-refractivity contribution in [2.75, 3.05) is 5.01 Å². The van der Waals surface area contributed by atoms with Gasteiger partial charge in [-0.2, -0.15) is 9.51 Å². The van der Waals surface area contributed by atoms with Crippen molar-refractivity contribution in [1.82, 2.24) is 5.12 Å². The molecule has 0 bridgehead atoms. The summed E-state index contributed by atoms with van der Waals surface area (Å²) in [5.41, 5.74) is 6.34. The van der Waals surface area contributed by atoms with Crippen LogP contribution < -0.4 is 10.7 Å². The van der Waals surface area contributed by atoms with Gasteiger partial charge in [0.25, 0.3) is 0 Å². The van der Waals surface area contributed by atoms with Crippen molar-refractivity contribution < 1.29 is 4.39 Å². The fraction of sp³-hybridized carbons (Fsp3) is 0.200. The Balaban J connectivity index is 2.37. The molecule has 0 radical (unpaired) electrons. The molecular formula is C10H12FN5. The topological polar surface area (TPSA) is 57.2 Å². The summed E-state index contributed by atoms with van der Waals surface area (Å²) in [7, 11) is 0. The van der Waals surface area contributed by atoms with Crippen LogP contribution >= 0.6 is 0 Å². The average molecular weight is 221 g/mol. The lowest BCUT2D eigenvalue weighted by Crippen LogP contribution is -2.48. The number of para-hydroxylation sites is 1. The summed E-state index contributed by atoms with van der Waals surface area (Å²) in [5, 5.41) is 9.87. The van der Waals surface area contributed by atoms with E-state index in [1.807, 2.05) is 18.2 Å². The predicted molar refractivity (Wildman–Crippen MR) is 58.5 cm³/mol. The average Bonchev–Trinajstić information content (AvgIpc) is 2.29. The molecule has 1 aromatic carbocycles. The van der Waals surface area contributed by atoms with E-state index in [0.717, 1.165) is 6.20 Å². The molecule has 1 atom stereocenters. The van der Waals surface area contributed by atoms with Gasteiger partial charge >= 0.3 is 0 Å². The normalized spacial score (nSPS) is 17.3. The number of nitrogens with two attached hydrogens (primary N) is 1. The van der Waals surface area contributed by atoms with Crippen LogP contribution in [0.15, 0.2) is 52.8 Å². The maximum absolute atomic E-state index is 13.7. The Labute approximate surface area is 92.6 Å². The molecule has 0 saturated carbocycles. The molecule has 1 aliphatic rings. The lowest BCUT2D eigenvalue weighted by Gasteiger charge is -2.35. The molecule has 0 aliphatic carbocycles. The number of hydrazine groups is 1. The smallest absolute Gasteiger partial charge is 0.234 e. The van der Waals surface area contributed by atoms with Gasteiger partial charge in [0.2, 0.25) is 5.95 Å². The summed E-state index contributed by atoms with van der Waals surface area (Å²) in [4.78, 5) is 0. The van der Waals surface area contributed by atoms with E-state index in [0.29, 0.717) is 5.69 Å². The number of rotatable bonds is 2. The van der Waals surface area contributed by atoms with Crippen molar-refractivity contribution in [3.05, 3.63) is 42.5 Å². The van der Waals surface area contributed by atoms with Gasteiger partial charge < -0.3 is 5.73 Å². The molecule has 6 heteroatoms. The van der Waals surface area contributed by atoms with Crippen LogP contribution in [0.25, 0.3) is 0 Å². The third kappa shape index (κ3) is 1.87. The fourth-order valence-electron chi connectivity index (χ4n) is 1.39. The Hall–Kier alpha value is -1.95. The maximum atomic E-state index is 13.7. The van der Waals surface area contributed by atoms with Crippen molar-refractivity contribution in [3.63, 3.8) is 0 Å². The zero-order valence-electron chi connectivity index (χ0n) is 8.79. The standard InChI is InChI=1S/C10H12FN5/c1-8(12)16-14-13-7-10(11)15(16)9-5-3-2-4-6-9/h2-8H,12H2,1H3. The molecular weight excluding hydrogens is 209 g/mol. The molecule has 2 N–H and O–H groups in total. The zero-order valence-corrected chi connectivity index (χ0v) is 8.79. The van der Waals surface area contributed by atoms with Gasteiger partial charge in [-0.1, -0.05) is 18.2 Å². The van der Waals surface area contributed by atoms with Gasteiger partial charge in [0.05, 0.1) is 5.69 Å². The summed E-state index contributed by atoms with van der Waals surface area (Å²) >= 11 is 0. The van der Waals surface area contributed by atoms with E-state index in [2.05, 4.69) is 10.3 Å². The molecule has 1 aromatic rings. The van der Waals surface area contributed by atoms with Gasteiger partial charge in [0.1, 0.15) is 12.4 Å². The van der Waals surface area contributed by atoms with Crippen LogP contribution in [0.1, 0.15) is 6.92 Å². The molecule has 2 rings (SSSR count). The van der Waals surface area contributed by atoms with E-state index >= 15 is 0 Å². The Morgan fingerprint density at radius 3 is 2.62 bits per heavy atom. The van der Waals surface area contributed by atoms with E-state index in [4.69, 9.17) is 5.73 Å². The number of nitrogens with zero attached hydrogens (tertiary/aromatic N) is 4. The van der Waals surface area contributed by atoms with Crippen LogP contribution in [0.2, 0.25) is 0 Å². The number of anilines is 1. The first-order chi connectivity index (χ1) is 7.70. The number of benzene rings is 1. The summed E-state index contributed by atoms with van der Waals surface area (Å²) in [5.74, 6) is -0.515. The first-order valence-electron chi connectivity index (χ1n) is 4.86. The monoisotopic (exact) mass is 221 g/mol. The van der Waals surface area contributed by atoms with Gasteiger partial charge in [-0.3, -0.25) is 0 Å². The van der Waals surface area contributed by atoms with Crippen LogP contribution in [0.4, 0.5) is 10.1 Å².